The van der Waals surface area contributed by atoms with E-state index in [1.807, 2.05) is 0 Å². The highest BCUT2D eigenvalue weighted by molar-refractivity contribution is 6.31. The van der Waals surface area contributed by atoms with Gasteiger partial charge in [-0.3, -0.25) is 9.36 Å². The van der Waals surface area contributed by atoms with E-state index in [4.69, 9.17) is 49.9 Å². The van der Waals surface area contributed by atoms with Crippen molar-refractivity contribution in [2.75, 3.05) is 19.6 Å². The van der Waals surface area contributed by atoms with Crippen molar-refractivity contribution in [1.82, 2.24) is 14.1 Å². The second-order valence-corrected chi connectivity index (χ2v) is 9.43. The van der Waals surface area contributed by atoms with Crippen molar-refractivity contribution < 1.29 is 14.6 Å². The number of hydrogen-bond donors (Lipinski definition) is 2. The maximum atomic E-state index is 13.4. The van der Waals surface area contributed by atoms with Gasteiger partial charge in [-0.05, 0) is 47.6 Å². The summed E-state index contributed by atoms with van der Waals surface area (Å²) in [6.07, 6.45) is 4.68. The topological polar surface area (TPSA) is 256 Å². The minimum atomic E-state index is -1.94. The van der Waals surface area contributed by atoms with Crippen molar-refractivity contribution in [3.05, 3.63) is 94.8 Å². The number of ether oxygens (including phenoxy) is 1. The third-order valence-electron chi connectivity index (χ3n) is 5.91. The van der Waals surface area contributed by atoms with Crippen molar-refractivity contribution in [3.8, 4) is 22.6 Å². The van der Waals surface area contributed by atoms with Crippen molar-refractivity contribution >= 4 is 35.4 Å². The average Bonchev–Trinajstić information content (AvgIpc) is 3.41. The van der Waals surface area contributed by atoms with E-state index in [1.54, 1.807) is 16.7 Å². The monoisotopic (exact) mass is 613 g/mol. The minimum Gasteiger partial charge on any atom is -0.506 e. The number of benzene rings is 1. The average molecular weight is 614 g/mol. The van der Waals surface area contributed by atoms with Crippen LogP contribution in [0.15, 0.2) is 63.1 Å². The highest BCUT2D eigenvalue weighted by atomic mass is 35.5. The third-order valence-corrected chi connectivity index (χ3v) is 6.34. The Balaban J connectivity index is 2.10. The van der Waals surface area contributed by atoms with Gasteiger partial charge >= 0.3 is 5.97 Å². The van der Waals surface area contributed by atoms with E-state index in [-0.39, 0.29) is 30.1 Å². The molecule has 0 fully saturated rings. The van der Waals surface area contributed by atoms with Crippen LogP contribution in [0.4, 0.5) is 0 Å². The molecule has 0 amide bonds. The molecule has 0 spiro atoms. The lowest BCUT2D eigenvalue weighted by molar-refractivity contribution is -0.156. The van der Waals surface area contributed by atoms with Crippen LogP contribution in [0, 0.1) is 5.41 Å². The molecule has 0 aliphatic carbocycles. The molecule has 0 aliphatic rings. The summed E-state index contributed by atoms with van der Waals surface area (Å²) in [6, 6.07) is 4.47. The first-order valence-corrected chi connectivity index (χ1v) is 12.7. The number of hydrogen-bond acceptors (Lipinski definition) is 9. The maximum absolute atomic E-state index is 13.4. The second kappa shape index (κ2) is 14.5. The van der Waals surface area contributed by atoms with Gasteiger partial charge in [-0.1, -0.05) is 38.5 Å². The lowest BCUT2D eigenvalue weighted by Gasteiger charge is -2.29. The first kappa shape index (κ1) is 31.4. The molecule has 0 saturated carbocycles. The number of rotatable bonds is 14. The fourth-order valence-corrected chi connectivity index (χ4v) is 4.27. The van der Waals surface area contributed by atoms with Gasteiger partial charge in [0.2, 0.25) is 0 Å². The van der Waals surface area contributed by atoms with E-state index in [0.717, 1.165) is 16.8 Å². The van der Waals surface area contributed by atoms with Crippen LogP contribution >= 0.6 is 23.2 Å². The zero-order valence-corrected chi connectivity index (χ0v) is 23.0. The molecule has 2 aromatic heterocycles. The Hall–Kier alpha value is -5.17. The summed E-state index contributed by atoms with van der Waals surface area (Å²) in [5, 5.41) is 29.4. The summed E-state index contributed by atoms with van der Waals surface area (Å²) in [5.74, 6) is -1.47. The van der Waals surface area contributed by atoms with Crippen molar-refractivity contribution in [2.24, 2.45) is 15.3 Å². The molecular weight excluding hydrogens is 593 g/mol. The number of nitrogens with zero attached hydrogens (tertiary/aromatic N) is 12. The smallest absolute Gasteiger partial charge is 0.330 e. The van der Waals surface area contributed by atoms with Crippen LogP contribution in [0.1, 0.15) is 18.9 Å². The van der Waals surface area contributed by atoms with Crippen molar-refractivity contribution in [2.45, 2.75) is 24.5 Å². The minimum absolute atomic E-state index is 0.0222. The molecule has 2 N–H and O–H groups in total. The van der Waals surface area contributed by atoms with Crippen LogP contribution in [-0.4, -0.2) is 56.6 Å². The van der Waals surface area contributed by atoms with Gasteiger partial charge in [0.25, 0.3) is 5.56 Å². The van der Waals surface area contributed by atoms with Crippen LogP contribution in [0.25, 0.3) is 48.1 Å². The van der Waals surface area contributed by atoms with Gasteiger partial charge in [-0.15, -0.1) is 0 Å². The molecule has 3 aromatic rings. The summed E-state index contributed by atoms with van der Waals surface area (Å²) in [7, 11) is 0. The number of azide groups is 3. The molecule has 42 heavy (non-hydrogen) atoms. The standard InChI is InChI=1S/C23H21Cl2N13O4/c24-14-3-4-17(37-9-20(25)30-13-37)15(6-14)16-7-21(40)38(8-19(16)39)18(2-1-5-31-34-27)22(41)42-23(10-26,11-32-35-28)12-33-36-29/h3-4,6-10,13,18,26,39H,1-2,5,11-12H2. The molecule has 216 valence electrons. The van der Waals surface area contributed by atoms with E-state index in [0.29, 0.717) is 22.5 Å². The molecule has 17 nitrogen and oxygen atoms in total. The Morgan fingerprint density at radius 1 is 1.12 bits per heavy atom. The fraction of sp³-hybridized carbons (Fsp3) is 0.304. The Bertz CT molecular complexity index is 1670. The van der Waals surface area contributed by atoms with Crippen LogP contribution in [0.2, 0.25) is 10.2 Å². The molecule has 1 atom stereocenters. The quantitative estimate of drug-likeness (QED) is 0.0560. The number of aromatic hydroxyl groups is 1. The zero-order valence-electron chi connectivity index (χ0n) is 21.5. The number of carbonyl (C=O) groups is 1. The molecule has 0 bridgehead atoms. The molecule has 3 rings (SSSR count). The molecular formula is C23H21Cl2N13O4. The Kier molecular flexibility index (Phi) is 10.8. The second-order valence-electron chi connectivity index (χ2n) is 8.60. The molecule has 0 aliphatic heterocycles. The number of aromatic nitrogens is 3. The summed E-state index contributed by atoms with van der Waals surface area (Å²) >= 11 is 12.2. The molecule has 19 heteroatoms. The number of imidazole rings is 1. The highest BCUT2D eigenvalue weighted by Crippen LogP contribution is 2.35. The summed E-state index contributed by atoms with van der Waals surface area (Å²) in [6.45, 7) is -1.16. The van der Waals surface area contributed by atoms with E-state index >= 15 is 0 Å². The van der Waals surface area contributed by atoms with E-state index in [1.165, 1.54) is 18.6 Å². The first-order chi connectivity index (χ1) is 20.2. The van der Waals surface area contributed by atoms with Crippen molar-refractivity contribution in [1.29, 1.82) is 5.41 Å². The van der Waals surface area contributed by atoms with E-state index in [9.17, 15) is 14.7 Å². The molecule has 2 heterocycles. The normalized spacial score (nSPS) is 12.5. The number of pyridine rings is 1. The highest BCUT2D eigenvalue weighted by Gasteiger charge is 2.35. The number of esters is 1. The van der Waals surface area contributed by atoms with Crippen LogP contribution in [0.3, 0.4) is 0 Å². The van der Waals surface area contributed by atoms with Crippen LogP contribution < -0.4 is 5.56 Å². The van der Waals surface area contributed by atoms with Gasteiger partial charge in [0.1, 0.15) is 23.3 Å². The Morgan fingerprint density at radius 3 is 2.40 bits per heavy atom. The fourth-order valence-electron chi connectivity index (χ4n) is 3.95. The predicted octanol–water partition coefficient (Wildman–Crippen LogP) is 5.90. The number of carbonyl (C=O) groups excluding carboxylic acids is 1. The first-order valence-electron chi connectivity index (χ1n) is 11.9. The zero-order chi connectivity index (χ0) is 30.7. The van der Waals surface area contributed by atoms with E-state index in [2.05, 4.69) is 35.1 Å². The third kappa shape index (κ3) is 7.52. The Morgan fingerprint density at radius 2 is 1.81 bits per heavy atom. The van der Waals surface area contributed by atoms with E-state index < -0.39 is 42.0 Å². The SMILES string of the molecule is [N-]=[N+]=NCCCC(C(=O)OC(C=N)(CN=[N+]=[N-])CN=[N+]=[N-])n1cc(O)c(-c2cc(Cl)ccc2-n2cnc(Cl)c2)cc1=O. The van der Waals surface area contributed by atoms with Gasteiger partial charge in [0, 0.05) is 55.9 Å². The van der Waals surface area contributed by atoms with Crippen LogP contribution in [-0.2, 0) is 9.53 Å². The van der Waals surface area contributed by atoms with Crippen LogP contribution in [0.5, 0.6) is 5.75 Å². The lowest BCUT2D eigenvalue weighted by atomic mass is 10.0. The summed E-state index contributed by atoms with van der Waals surface area (Å²) in [5.41, 5.74) is 24.3. The number of halogens is 2. The largest absolute Gasteiger partial charge is 0.506 e. The predicted molar refractivity (Wildman–Crippen MR) is 153 cm³/mol. The van der Waals surface area contributed by atoms with Gasteiger partial charge in [0.05, 0.1) is 25.0 Å². The number of nitrogens with one attached hydrogen (secondary N) is 1. The summed E-state index contributed by atoms with van der Waals surface area (Å²) in [4.78, 5) is 38.7. The van der Waals surface area contributed by atoms with Crippen molar-refractivity contribution in [3.63, 3.8) is 0 Å². The molecule has 1 unspecified atom stereocenters. The molecule has 1 aromatic carbocycles. The lowest BCUT2D eigenvalue weighted by Crippen LogP contribution is -2.45. The molecule has 0 saturated heterocycles. The Labute approximate surface area is 246 Å². The van der Waals surface area contributed by atoms with Gasteiger partial charge in [-0.2, -0.15) is 0 Å². The van der Waals surface area contributed by atoms with Gasteiger partial charge in [0.15, 0.2) is 5.60 Å². The van der Waals surface area contributed by atoms with Gasteiger partial charge < -0.3 is 19.8 Å². The summed E-state index contributed by atoms with van der Waals surface area (Å²) < 4.78 is 7.96. The maximum Gasteiger partial charge on any atom is 0.330 e. The van der Waals surface area contributed by atoms with Gasteiger partial charge in [-0.25, -0.2) is 9.78 Å². The molecule has 0 radical (unpaired) electrons.